The number of carbonyl (C=O) groups is 2. The van der Waals surface area contributed by atoms with Gasteiger partial charge in [-0.2, -0.15) is 0 Å². The third kappa shape index (κ3) is 17.7. The number of benzene rings is 6. The van der Waals surface area contributed by atoms with E-state index in [1.165, 1.54) is 65.6 Å². The minimum Gasteiger partial charge on any atom is -0.369 e. The Morgan fingerprint density at radius 1 is 0.434 bits per heavy atom. The van der Waals surface area contributed by atoms with Gasteiger partial charge in [-0.3, -0.25) is 9.80 Å². The van der Waals surface area contributed by atoms with E-state index in [9.17, 15) is 44.3 Å². The zero-order valence-corrected chi connectivity index (χ0v) is 42.8. The second-order valence-corrected chi connectivity index (χ2v) is 20.1. The van der Waals surface area contributed by atoms with Crippen molar-refractivity contribution in [1.29, 1.82) is 0 Å². The molecule has 0 spiro atoms. The number of carbonyl (C=O) groups excluding carboxylic acids is 2. The molecule has 12 nitrogen and oxygen atoms in total. The average molecular weight is 1070 g/mol. The quantitative estimate of drug-likeness (QED) is 0.0573. The molecule has 76 heavy (non-hydrogen) atoms. The van der Waals surface area contributed by atoms with Crippen LogP contribution < -0.4 is 10.0 Å². The summed E-state index contributed by atoms with van der Waals surface area (Å²) in [5, 5.41) is 2.89. The maximum atomic E-state index is 13.4. The summed E-state index contributed by atoms with van der Waals surface area (Å²) in [6.45, 7) is 7.89. The van der Waals surface area contributed by atoms with Gasteiger partial charge in [0.2, 0.25) is 0 Å². The number of ether oxygens (including phenoxy) is 2. The molecular formula is C57H62F6N6O6S. The van der Waals surface area contributed by atoms with Crippen molar-refractivity contribution in [3.63, 3.8) is 0 Å². The van der Waals surface area contributed by atoms with Gasteiger partial charge in [-0.15, -0.1) is 0 Å². The monoisotopic (exact) mass is 1070 g/mol. The van der Waals surface area contributed by atoms with Gasteiger partial charge in [0, 0.05) is 72.1 Å². The topological polar surface area (TPSA) is 124 Å². The molecule has 0 unspecified atom stereocenters. The molecule has 404 valence electrons. The molecule has 0 atom stereocenters. The highest BCUT2D eigenvalue weighted by atomic mass is 32.2. The Balaban J connectivity index is 0.000000221. The lowest BCUT2D eigenvalue weighted by Crippen LogP contribution is -2.52. The van der Waals surface area contributed by atoms with Gasteiger partial charge in [0.25, 0.3) is 10.0 Å². The molecule has 0 radical (unpaired) electrons. The number of rotatable bonds is 20. The Hall–Kier alpha value is -6.77. The zero-order chi connectivity index (χ0) is 53.9. The smallest absolute Gasteiger partial charge is 0.331 e. The van der Waals surface area contributed by atoms with Crippen molar-refractivity contribution in [2.45, 2.75) is 49.3 Å². The largest absolute Gasteiger partial charge is 0.369 e. The normalized spacial score (nSPS) is 14.4. The van der Waals surface area contributed by atoms with Crippen LogP contribution in [-0.4, -0.2) is 119 Å². The van der Waals surface area contributed by atoms with Crippen LogP contribution in [0.25, 0.3) is 0 Å². The molecule has 2 saturated heterocycles. The molecule has 2 heterocycles. The number of urea groups is 2. The predicted octanol–water partition coefficient (Wildman–Crippen LogP) is 10.2. The first-order chi connectivity index (χ1) is 36.7. The van der Waals surface area contributed by atoms with E-state index < -0.39 is 34.1 Å². The van der Waals surface area contributed by atoms with Crippen LogP contribution in [0.15, 0.2) is 150 Å². The molecular weight excluding hydrogens is 1010 g/mol. The van der Waals surface area contributed by atoms with Gasteiger partial charge in [0.1, 0.15) is 47.1 Å². The maximum absolute atomic E-state index is 13.4. The van der Waals surface area contributed by atoms with E-state index in [2.05, 4.69) is 15.1 Å². The molecule has 0 bridgehead atoms. The van der Waals surface area contributed by atoms with E-state index in [0.717, 1.165) is 104 Å². The lowest BCUT2D eigenvalue weighted by Gasteiger charge is -2.34. The summed E-state index contributed by atoms with van der Waals surface area (Å²) >= 11 is 0. The lowest BCUT2D eigenvalue weighted by atomic mass is 10.0. The van der Waals surface area contributed by atoms with Gasteiger partial charge in [-0.25, -0.2) is 49.1 Å². The van der Waals surface area contributed by atoms with Gasteiger partial charge < -0.3 is 24.6 Å². The fourth-order valence-corrected chi connectivity index (χ4v) is 9.66. The number of nitrogens with one attached hydrogen (secondary N) is 2. The van der Waals surface area contributed by atoms with Crippen molar-refractivity contribution >= 4 is 22.1 Å². The van der Waals surface area contributed by atoms with Gasteiger partial charge >= 0.3 is 12.1 Å². The van der Waals surface area contributed by atoms with E-state index in [-0.39, 0.29) is 40.0 Å². The second-order valence-electron chi connectivity index (χ2n) is 18.4. The third-order valence-electron chi connectivity index (χ3n) is 13.0. The molecule has 0 aliphatic carbocycles. The molecule has 4 amide bonds. The van der Waals surface area contributed by atoms with Crippen LogP contribution in [0.4, 0.5) is 35.9 Å². The molecule has 0 saturated carbocycles. The number of amides is 4. The molecule has 2 N–H and O–H groups in total. The van der Waals surface area contributed by atoms with E-state index in [0.29, 0.717) is 59.0 Å². The summed E-state index contributed by atoms with van der Waals surface area (Å²) in [5.41, 5.74) is 4.05. The molecule has 0 aromatic heterocycles. The molecule has 2 aliphatic heterocycles. The van der Waals surface area contributed by atoms with Crippen molar-refractivity contribution in [3.05, 3.63) is 208 Å². The van der Waals surface area contributed by atoms with Crippen molar-refractivity contribution in [2.24, 2.45) is 0 Å². The maximum Gasteiger partial charge on any atom is 0.331 e. The Kier molecular flexibility index (Phi) is 21.3. The van der Waals surface area contributed by atoms with Crippen LogP contribution in [0.3, 0.4) is 0 Å². The van der Waals surface area contributed by atoms with Crippen LogP contribution in [0.1, 0.15) is 65.7 Å². The predicted molar refractivity (Wildman–Crippen MR) is 276 cm³/mol. The Morgan fingerprint density at radius 3 is 1.11 bits per heavy atom. The number of piperazine rings is 2. The number of hydrogen-bond acceptors (Lipinski definition) is 8. The molecule has 2 fully saturated rings. The molecule has 19 heteroatoms. The second kappa shape index (κ2) is 28.4. The van der Waals surface area contributed by atoms with Gasteiger partial charge in [-0.1, -0.05) is 60.7 Å². The third-order valence-corrected chi connectivity index (χ3v) is 14.4. The highest BCUT2D eigenvalue weighted by molar-refractivity contribution is 7.90. The van der Waals surface area contributed by atoms with E-state index in [4.69, 9.17) is 9.47 Å². The summed E-state index contributed by atoms with van der Waals surface area (Å²) in [7, 11) is -4.08. The lowest BCUT2D eigenvalue weighted by molar-refractivity contribution is 0.0734. The summed E-state index contributed by atoms with van der Waals surface area (Å²) in [4.78, 5) is 32.5. The fraction of sp³-hybridized carbons (Fsp3) is 0.333. The minimum absolute atomic E-state index is 0.106. The Labute approximate surface area is 440 Å². The summed E-state index contributed by atoms with van der Waals surface area (Å²) in [6, 6.07) is 34.0. The van der Waals surface area contributed by atoms with Crippen LogP contribution in [0, 0.1) is 34.9 Å². The first-order valence-corrected chi connectivity index (χ1v) is 26.7. The van der Waals surface area contributed by atoms with Crippen LogP contribution in [0.5, 0.6) is 0 Å². The first kappa shape index (κ1) is 56.9. The van der Waals surface area contributed by atoms with Crippen LogP contribution in [-0.2, 0) is 26.0 Å². The van der Waals surface area contributed by atoms with Gasteiger partial charge in [0.05, 0.1) is 4.90 Å². The minimum atomic E-state index is -4.08. The molecule has 6 aromatic carbocycles. The van der Waals surface area contributed by atoms with Crippen molar-refractivity contribution < 1.29 is 53.8 Å². The summed E-state index contributed by atoms with van der Waals surface area (Å²) in [6.07, 6.45) is 2.55. The van der Waals surface area contributed by atoms with Crippen LogP contribution in [0.2, 0.25) is 0 Å². The van der Waals surface area contributed by atoms with Crippen molar-refractivity contribution in [3.8, 4) is 0 Å². The summed E-state index contributed by atoms with van der Waals surface area (Å²) in [5.74, 6) is -2.17. The van der Waals surface area contributed by atoms with Crippen LogP contribution >= 0.6 is 0 Å². The average Bonchev–Trinajstić information content (AvgIpc) is 3.42. The Morgan fingerprint density at radius 2 is 0.750 bits per heavy atom. The van der Waals surface area contributed by atoms with E-state index >= 15 is 0 Å². The van der Waals surface area contributed by atoms with Crippen molar-refractivity contribution in [1.82, 2.24) is 29.6 Å². The van der Waals surface area contributed by atoms with Crippen molar-refractivity contribution in [2.75, 3.05) is 78.7 Å². The van der Waals surface area contributed by atoms with E-state index in [1.54, 1.807) is 65.6 Å². The molecule has 6 aromatic rings. The standard InChI is InChI=1S/C29H32F3N3O2.C28H30F3N3O4S/c30-25-9-3-22(4-10-25)21-33-29(36)35-18-16-34(17-19-35)15-1-2-20-37-28(23-5-11-26(31)12-6-23)24-7-13-27(32)14-8-24;29-23-7-3-21(4-8-23)27(22-5-9-24(30)10-6-22)38-20-2-1-15-33-16-18-34(19-17-33)28(35)32-39(36,37)26-13-11-25(31)12-14-26/h3-14,28H,1-2,15-21H2,(H,33,36);3-14,27H,1-2,15-20H2,(H,32,35). The SMILES string of the molecule is O=C(NCc1ccc(F)cc1)N1CCN(CCCCOC(c2ccc(F)cc2)c2ccc(F)cc2)CC1.O=C(NS(=O)(=O)c1ccc(F)cc1)N1CCN(CCCCOC(c2ccc(F)cc2)c2ccc(F)cc2)CC1. The fourth-order valence-electron chi connectivity index (χ4n) is 8.69. The molecule has 8 rings (SSSR count). The van der Waals surface area contributed by atoms with Gasteiger partial charge in [-0.05, 0) is 152 Å². The number of sulfonamides is 1. The highest BCUT2D eigenvalue weighted by Crippen LogP contribution is 2.29. The number of unbranched alkanes of at least 4 members (excludes halogenated alkanes) is 2. The molecule has 2 aliphatic rings. The van der Waals surface area contributed by atoms with E-state index in [1.807, 2.05) is 4.72 Å². The summed E-state index contributed by atoms with van der Waals surface area (Å²) < 4.78 is 119. The number of nitrogens with zero attached hydrogens (tertiary/aromatic N) is 4. The van der Waals surface area contributed by atoms with Gasteiger partial charge in [0.15, 0.2) is 0 Å². The first-order valence-electron chi connectivity index (χ1n) is 25.2. The number of halogens is 6. The number of hydrogen-bond donors (Lipinski definition) is 2. The zero-order valence-electron chi connectivity index (χ0n) is 41.9. The Bertz CT molecular complexity index is 2750. The highest BCUT2D eigenvalue weighted by Gasteiger charge is 2.26.